The summed E-state index contributed by atoms with van der Waals surface area (Å²) in [7, 11) is 0. The molecular weight excluding hydrogens is 341 g/mol. The molecule has 0 bridgehead atoms. The lowest BCUT2D eigenvalue weighted by Gasteiger charge is -2.31. The van der Waals surface area contributed by atoms with Crippen LogP contribution in [0.1, 0.15) is 43.3 Å². The van der Waals surface area contributed by atoms with Gasteiger partial charge >= 0.3 is 0 Å². The second kappa shape index (κ2) is 6.96. The highest BCUT2D eigenvalue weighted by molar-refractivity contribution is 5.79. The fraction of sp³-hybridized carbons (Fsp3) is 0.318. The summed E-state index contributed by atoms with van der Waals surface area (Å²) < 4.78 is 16.5. The molecule has 1 atom stereocenters. The smallest absolute Gasteiger partial charge is 0.261 e. The van der Waals surface area contributed by atoms with Crippen molar-refractivity contribution in [2.75, 3.05) is 0 Å². The molecule has 0 amide bonds. The third kappa shape index (κ3) is 3.48. The molecular formula is C22H20FN3O. The molecule has 1 unspecified atom stereocenters. The second-order valence-corrected chi connectivity index (χ2v) is 7.02. The molecule has 0 fully saturated rings. The molecule has 1 aromatic carbocycles. The third-order valence-corrected chi connectivity index (χ3v) is 4.97. The first-order chi connectivity index (χ1) is 13.1. The summed E-state index contributed by atoms with van der Waals surface area (Å²) in [6.07, 6.45) is 3.82. The maximum Gasteiger partial charge on any atom is 0.261 e. The standard InChI is InChI=1S/C22H20FN3O/c1-2-11-22(23)12-10-20-25-19-14-16(6-8-17-5-3-4-13-24-17)7-9-18(19)21(27)26(20)15-22/h3-5,7,9,13-14H,2,10-12,15H2,1H3. The summed E-state index contributed by atoms with van der Waals surface area (Å²) in [6, 6.07) is 10.9. The van der Waals surface area contributed by atoms with Crippen LogP contribution in [0.5, 0.6) is 0 Å². The summed E-state index contributed by atoms with van der Waals surface area (Å²) in [6.45, 7) is 2.06. The quantitative estimate of drug-likeness (QED) is 0.655. The Bertz CT molecular complexity index is 1110. The largest absolute Gasteiger partial charge is 0.293 e. The first kappa shape index (κ1) is 17.4. The van der Waals surface area contributed by atoms with Crippen molar-refractivity contribution in [1.29, 1.82) is 0 Å². The number of hydrogen-bond acceptors (Lipinski definition) is 3. The van der Waals surface area contributed by atoms with E-state index in [-0.39, 0.29) is 12.1 Å². The van der Waals surface area contributed by atoms with E-state index >= 15 is 0 Å². The van der Waals surface area contributed by atoms with Crippen LogP contribution >= 0.6 is 0 Å². The molecule has 4 nitrogen and oxygen atoms in total. The van der Waals surface area contributed by atoms with Gasteiger partial charge in [0.25, 0.3) is 5.56 Å². The minimum atomic E-state index is -1.31. The number of benzene rings is 1. The first-order valence-electron chi connectivity index (χ1n) is 9.23. The van der Waals surface area contributed by atoms with Crippen LogP contribution in [0.4, 0.5) is 4.39 Å². The molecule has 0 saturated carbocycles. The van der Waals surface area contributed by atoms with Gasteiger partial charge in [0, 0.05) is 18.2 Å². The van der Waals surface area contributed by atoms with E-state index in [0.29, 0.717) is 41.7 Å². The summed E-state index contributed by atoms with van der Waals surface area (Å²) in [5.41, 5.74) is 0.588. The number of aromatic nitrogens is 3. The third-order valence-electron chi connectivity index (χ3n) is 4.97. The van der Waals surface area contributed by atoms with Crippen LogP contribution in [0.25, 0.3) is 10.9 Å². The number of aryl methyl sites for hydroxylation is 1. The topological polar surface area (TPSA) is 47.8 Å². The van der Waals surface area contributed by atoms with Crippen LogP contribution < -0.4 is 5.56 Å². The average molecular weight is 361 g/mol. The summed E-state index contributed by atoms with van der Waals surface area (Å²) in [5.74, 6) is 6.73. The number of pyridine rings is 1. The van der Waals surface area contributed by atoms with Crippen LogP contribution in [0.15, 0.2) is 47.4 Å². The highest BCUT2D eigenvalue weighted by Crippen LogP contribution is 2.30. The molecule has 0 N–H and O–H groups in total. The van der Waals surface area contributed by atoms with Gasteiger partial charge in [-0.05, 0) is 49.1 Å². The van der Waals surface area contributed by atoms with E-state index < -0.39 is 5.67 Å². The van der Waals surface area contributed by atoms with Crippen LogP contribution in [0, 0.1) is 11.8 Å². The summed E-state index contributed by atoms with van der Waals surface area (Å²) in [5, 5.41) is 0.503. The zero-order valence-electron chi connectivity index (χ0n) is 15.2. The van der Waals surface area contributed by atoms with Crippen molar-refractivity contribution in [1.82, 2.24) is 14.5 Å². The van der Waals surface area contributed by atoms with Crippen molar-refractivity contribution in [3.63, 3.8) is 0 Å². The Kier molecular flexibility index (Phi) is 4.49. The van der Waals surface area contributed by atoms with E-state index in [9.17, 15) is 9.18 Å². The first-order valence-corrected chi connectivity index (χ1v) is 9.23. The van der Waals surface area contributed by atoms with Gasteiger partial charge in [0.1, 0.15) is 17.2 Å². The van der Waals surface area contributed by atoms with Gasteiger partial charge in [0.2, 0.25) is 0 Å². The molecule has 4 rings (SSSR count). The minimum absolute atomic E-state index is 0.0964. The van der Waals surface area contributed by atoms with Crippen LogP contribution in [-0.4, -0.2) is 20.2 Å². The van der Waals surface area contributed by atoms with Crippen molar-refractivity contribution < 1.29 is 4.39 Å². The van der Waals surface area contributed by atoms with Crippen LogP contribution in [0.3, 0.4) is 0 Å². The Morgan fingerprint density at radius 3 is 2.93 bits per heavy atom. The van der Waals surface area contributed by atoms with Crippen molar-refractivity contribution in [2.45, 2.75) is 44.8 Å². The highest BCUT2D eigenvalue weighted by atomic mass is 19.1. The van der Waals surface area contributed by atoms with E-state index in [1.54, 1.807) is 18.3 Å². The molecule has 0 aliphatic carbocycles. The Hall–Kier alpha value is -3.00. The average Bonchev–Trinajstić information content (AvgIpc) is 2.68. The zero-order valence-corrected chi connectivity index (χ0v) is 15.2. The van der Waals surface area contributed by atoms with Crippen molar-refractivity contribution in [3.8, 4) is 11.8 Å². The highest BCUT2D eigenvalue weighted by Gasteiger charge is 2.35. The Morgan fingerprint density at radius 2 is 2.15 bits per heavy atom. The normalized spacial score (nSPS) is 18.6. The number of alkyl halides is 1. The van der Waals surface area contributed by atoms with Gasteiger partial charge in [0.15, 0.2) is 0 Å². The predicted molar refractivity (Wildman–Crippen MR) is 103 cm³/mol. The fourth-order valence-corrected chi connectivity index (χ4v) is 3.62. The number of hydrogen-bond donors (Lipinski definition) is 0. The van der Waals surface area contributed by atoms with Crippen molar-refractivity contribution in [2.24, 2.45) is 0 Å². The number of nitrogens with zero attached hydrogens (tertiary/aromatic N) is 3. The molecule has 0 spiro atoms. The van der Waals surface area contributed by atoms with E-state index in [1.807, 2.05) is 31.2 Å². The predicted octanol–water partition coefficient (Wildman–Crippen LogP) is 3.65. The van der Waals surface area contributed by atoms with Crippen molar-refractivity contribution >= 4 is 10.9 Å². The molecule has 27 heavy (non-hydrogen) atoms. The Labute approximate surface area is 157 Å². The second-order valence-electron chi connectivity index (χ2n) is 7.02. The molecule has 0 saturated heterocycles. The SMILES string of the molecule is CCCC1(F)CCc2nc3cc(C#Cc4ccccn4)ccc3c(=O)n2C1. The maximum absolute atomic E-state index is 14.9. The van der Waals surface area contributed by atoms with E-state index in [0.717, 1.165) is 12.0 Å². The summed E-state index contributed by atoms with van der Waals surface area (Å²) in [4.78, 5) is 21.7. The maximum atomic E-state index is 14.9. The van der Waals surface area contributed by atoms with Gasteiger partial charge in [-0.25, -0.2) is 14.4 Å². The van der Waals surface area contributed by atoms with Crippen molar-refractivity contribution in [3.05, 3.63) is 70.0 Å². The molecule has 3 heterocycles. The molecule has 136 valence electrons. The molecule has 5 heteroatoms. The number of fused-ring (bicyclic) bond motifs is 2. The molecule has 2 aromatic heterocycles. The molecule has 1 aliphatic heterocycles. The number of halogens is 1. The zero-order chi connectivity index (χ0) is 18.9. The Balaban J connectivity index is 1.73. The van der Waals surface area contributed by atoms with Gasteiger partial charge in [0.05, 0.1) is 17.4 Å². The molecule has 1 aliphatic rings. The monoisotopic (exact) mass is 361 g/mol. The molecule has 3 aromatic rings. The minimum Gasteiger partial charge on any atom is -0.293 e. The van der Waals surface area contributed by atoms with E-state index in [2.05, 4.69) is 21.8 Å². The molecule has 0 radical (unpaired) electrons. The van der Waals surface area contributed by atoms with Gasteiger partial charge in [-0.2, -0.15) is 0 Å². The van der Waals surface area contributed by atoms with Gasteiger partial charge in [-0.3, -0.25) is 9.36 Å². The Morgan fingerprint density at radius 1 is 1.26 bits per heavy atom. The van der Waals surface area contributed by atoms with Gasteiger partial charge < -0.3 is 0 Å². The van der Waals surface area contributed by atoms with E-state index in [1.165, 1.54) is 4.57 Å². The lowest BCUT2D eigenvalue weighted by atomic mass is 9.91. The van der Waals surface area contributed by atoms with E-state index in [4.69, 9.17) is 0 Å². The van der Waals surface area contributed by atoms with Gasteiger partial charge in [-0.15, -0.1) is 0 Å². The lowest BCUT2D eigenvalue weighted by Crippen LogP contribution is -2.41. The van der Waals surface area contributed by atoms with Crippen LogP contribution in [0.2, 0.25) is 0 Å². The lowest BCUT2D eigenvalue weighted by molar-refractivity contribution is 0.0925. The number of rotatable bonds is 2. The fourth-order valence-electron chi connectivity index (χ4n) is 3.62. The van der Waals surface area contributed by atoms with Crippen LogP contribution in [-0.2, 0) is 13.0 Å². The summed E-state index contributed by atoms with van der Waals surface area (Å²) >= 11 is 0. The van der Waals surface area contributed by atoms with Gasteiger partial charge in [-0.1, -0.05) is 25.3 Å².